The largest absolute Gasteiger partial charge is 0.356 e. The molecule has 0 saturated heterocycles. The summed E-state index contributed by atoms with van der Waals surface area (Å²) in [6.45, 7) is 6.27. The molecule has 0 amide bonds. The fourth-order valence-electron chi connectivity index (χ4n) is 1.64. The van der Waals surface area contributed by atoms with Crippen LogP contribution in [0.4, 0.5) is 5.69 Å². The van der Waals surface area contributed by atoms with E-state index >= 15 is 0 Å². The van der Waals surface area contributed by atoms with Crippen molar-refractivity contribution in [2.75, 3.05) is 5.32 Å². The predicted octanol–water partition coefficient (Wildman–Crippen LogP) is 4.64. The molecule has 1 aliphatic rings. The first-order chi connectivity index (χ1) is 7.91. The lowest BCUT2D eigenvalue weighted by molar-refractivity contribution is 0.506. The van der Waals surface area contributed by atoms with Gasteiger partial charge in [0, 0.05) is 21.0 Å². The van der Waals surface area contributed by atoms with Crippen molar-refractivity contribution < 1.29 is 0 Å². The van der Waals surface area contributed by atoms with E-state index < -0.39 is 0 Å². The lowest BCUT2D eigenvalue weighted by Gasteiger charge is -2.30. The highest BCUT2D eigenvalue weighted by molar-refractivity contribution is 8.03. The van der Waals surface area contributed by atoms with Crippen LogP contribution in [0.5, 0.6) is 0 Å². The summed E-state index contributed by atoms with van der Waals surface area (Å²) in [7, 11) is 0. The van der Waals surface area contributed by atoms with E-state index in [1.165, 1.54) is 11.8 Å². The van der Waals surface area contributed by atoms with Crippen molar-refractivity contribution in [2.45, 2.75) is 25.7 Å². The van der Waals surface area contributed by atoms with Gasteiger partial charge >= 0.3 is 0 Å². The Morgan fingerprint density at radius 1 is 1.35 bits per heavy atom. The van der Waals surface area contributed by atoms with E-state index in [2.05, 4.69) is 32.2 Å². The first-order valence-corrected chi connectivity index (χ1v) is 6.50. The maximum absolute atomic E-state index is 9.22. The number of allylic oxidation sites excluding steroid dienone is 2. The van der Waals surface area contributed by atoms with E-state index in [1.807, 2.05) is 18.2 Å². The normalized spacial score (nSPS) is 15.0. The Labute approximate surface area is 111 Å². The van der Waals surface area contributed by atoms with E-state index in [9.17, 15) is 5.26 Å². The molecule has 88 valence electrons. The maximum Gasteiger partial charge on any atom is 0.110 e. The van der Waals surface area contributed by atoms with Gasteiger partial charge in [-0.2, -0.15) is 5.26 Å². The summed E-state index contributed by atoms with van der Waals surface area (Å²) < 4.78 is 0. The zero-order chi connectivity index (χ0) is 12.6. The third kappa shape index (κ3) is 2.43. The molecule has 0 atom stereocenters. The van der Waals surface area contributed by atoms with Crippen molar-refractivity contribution >= 4 is 29.1 Å². The van der Waals surface area contributed by atoms with Crippen LogP contribution in [0.15, 0.2) is 33.7 Å². The number of nitriles is 1. The molecule has 2 rings (SSSR count). The highest BCUT2D eigenvalue weighted by Crippen LogP contribution is 2.44. The average Bonchev–Trinajstić information content (AvgIpc) is 2.25. The van der Waals surface area contributed by atoms with Gasteiger partial charge in [0.25, 0.3) is 0 Å². The number of nitrogens with zero attached hydrogens (tertiary/aromatic N) is 1. The van der Waals surface area contributed by atoms with Crippen molar-refractivity contribution in [3.8, 4) is 6.07 Å². The summed E-state index contributed by atoms with van der Waals surface area (Å²) >= 11 is 7.43. The number of hydrogen-bond acceptors (Lipinski definition) is 3. The second kappa shape index (κ2) is 4.29. The molecule has 1 aromatic carbocycles. The molecule has 2 nitrogen and oxygen atoms in total. The molecule has 1 N–H and O–H groups in total. The van der Waals surface area contributed by atoms with E-state index in [0.29, 0.717) is 9.93 Å². The van der Waals surface area contributed by atoms with Gasteiger partial charge in [-0.25, -0.2) is 0 Å². The molecule has 0 unspecified atom stereocenters. The lowest BCUT2D eigenvalue weighted by Crippen LogP contribution is -2.20. The quantitative estimate of drug-likeness (QED) is 0.742. The molecule has 17 heavy (non-hydrogen) atoms. The zero-order valence-corrected chi connectivity index (χ0v) is 11.5. The van der Waals surface area contributed by atoms with Gasteiger partial charge in [0.2, 0.25) is 0 Å². The molecule has 0 bridgehead atoms. The number of halogens is 1. The van der Waals surface area contributed by atoms with Crippen LogP contribution < -0.4 is 5.32 Å². The van der Waals surface area contributed by atoms with Gasteiger partial charge in [-0.1, -0.05) is 44.1 Å². The maximum atomic E-state index is 9.22. The fraction of sp³-hybridized carbons (Fsp3) is 0.308. The lowest BCUT2D eigenvalue weighted by atomic mass is 9.91. The summed E-state index contributed by atoms with van der Waals surface area (Å²) in [4.78, 5) is 1.72. The van der Waals surface area contributed by atoms with Crippen molar-refractivity contribution in [3.05, 3.63) is 33.8 Å². The summed E-state index contributed by atoms with van der Waals surface area (Å²) in [6, 6.07) is 7.94. The molecule has 0 spiro atoms. The SMILES string of the molecule is CC(C)(C)C1=C(C#N)Sc2cc(Cl)ccc2N1. The van der Waals surface area contributed by atoms with Crippen molar-refractivity contribution in [2.24, 2.45) is 5.41 Å². The Kier molecular flexibility index (Phi) is 3.11. The Hall–Kier alpha value is -1.11. The molecular weight excluding hydrogens is 252 g/mol. The van der Waals surface area contributed by atoms with Gasteiger partial charge in [0.1, 0.15) is 11.0 Å². The van der Waals surface area contributed by atoms with Gasteiger partial charge in [-0.15, -0.1) is 0 Å². The second-order valence-electron chi connectivity index (χ2n) is 4.93. The van der Waals surface area contributed by atoms with Gasteiger partial charge < -0.3 is 5.32 Å². The van der Waals surface area contributed by atoms with Crippen molar-refractivity contribution in [3.63, 3.8) is 0 Å². The molecule has 0 fully saturated rings. The monoisotopic (exact) mass is 264 g/mol. The van der Waals surface area contributed by atoms with E-state index in [1.54, 1.807) is 0 Å². The van der Waals surface area contributed by atoms with Gasteiger partial charge in [-0.3, -0.25) is 0 Å². The predicted molar refractivity (Wildman–Crippen MR) is 73.0 cm³/mol. The van der Waals surface area contributed by atoms with Crippen LogP contribution in [0.1, 0.15) is 20.8 Å². The molecule has 0 aromatic heterocycles. The number of thioether (sulfide) groups is 1. The van der Waals surface area contributed by atoms with E-state index in [-0.39, 0.29) is 5.41 Å². The standard InChI is InChI=1S/C13H13ClN2S/c1-13(2,3)12-11(7-15)17-10-6-8(14)4-5-9(10)16-12/h4-6,16H,1-3H3. The number of fused-ring (bicyclic) bond motifs is 1. The van der Waals surface area contributed by atoms with Gasteiger partial charge in [0.15, 0.2) is 0 Å². The van der Waals surface area contributed by atoms with E-state index in [4.69, 9.17) is 11.6 Å². The molecule has 0 aliphatic carbocycles. The Bertz CT molecular complexity index is 535. The van der Waals surface area contributed by atoms with Crippen molar-refractivity contribution in [1.82, 2.24) is 0 Å². The van der Waals surface area contributed by atoms with Crippen LogP contribution >= 0.6 is 23.4 Å². The number of anilines is 1. The molecule has 1 heterocycles. The van der Waals surface area contributed by atoms with Crippen LogP contribution in [0, 0.1) is 16.7 Å². The third-order valence-corrected chi connectivity index (χ3v) is 3.79. The fourth-order valence-corrected chi connectivity index (χ4v) is 3.02. The summed E-state index contributed by atoms with van der Waals surface area (Å²) in [5.41, 5.74) is 1.92. The first-order valence-electron chi connectivity index (χ1n) is 5.31. The zero-order valence-electron chi connectivity index (χ0n) is 9.97. The Balaban J connectivity index is 2.49. The molecule has 1 aliphatic heterocycles. The summed E-state index contributed by atoms with van der Waals surface area (Å²) in [6.07, 6.45) is 0. The smallest absolute Gasteiger partial charge is 0.110 e. The van der Waals surface area contributed by atoms with Crippen LogP contribution in [0.25, 0.3) is 0 Å². The molecule has 1 aromatic rings. The minimum atomic E-state index is -0.0740. The van der Waals surface area contributed by atoms with Crippen LogP contribution in [0.3, 0.4) is 0 Å². The molecule has 4 heteroatoms. The molecule has 0 saturated carbocycles. The topological polar surface area (TPSA) is 35.8 Å². The number of benzene rings is 1. The van der Waals surface area contributed by atoms with Crippen LogP contribution in [-0.4, -0.2) is 0 Å². The Morgan fingerprint density at radius 3 is 2.65 bits per heavy atom. The number of rotatable bonds is 0. The van der Waals surface area contributed by atoms with Crippen molar-refractivity contribution in [1.29, 1.82) is 5.26 Å². The summed E-state index contributed by atoms with van der Waals surface area (Å²) in [5.74, 6) is 0. The molecular formula is C13H13ClN2S. The van der Waals surface area contributed by atoms with Crippen LogP contribution in [-0.2, 0) is 0 Å². The third-order valence-electron chi connectivity index (χ3n) is 2.49. The van der Waals surface area contributed by atoms with Crippen LogP contribution in [0.2, 0.25) is 5.02 Å². The Morgan fingerprint density at radius 2 is 2.06 bits per heavy atom. The second-order valence-corrected chi connectivity index (χ2v) is 6.42. The molecule has 0 radical (unpaired) electrons. The van der Waals surface area contributed by atoms with Gasteiger partial charge in [-0.05, 0) is 18.2 Å². The summed E-state index contributed by atoms with van der Waals surface area (Å²) in [5, 5.41) is 13.3. The minimum absolute atomic E-state index is 0.0740. The highest BCUT2D eigenvalue weighted by Gasteiger charge is 2.27. The average molecular weight is 265 g/mol. The first kappa shape index (κ1) is 12.3. The number of hydrogen-bond donors (Lipinski definition) is 1. The number of nitrogens with one attached hydrogen (secondary N) is 1. The van der Waals surface area contributed by atoms with E-state index in [0.717, 1.165) is 16.3 Å². The highest BCUT2D eigenvalue weighted by atomic mass is 35.5. The van der Waals surface area contributed by atoms with Gasteiger partial charge in [0.05, 0.1) is 5.69 Å². The minimum Gasteiger partial charge on any atom is -0.356 e.